The molecule has 0 spiro atoms. The van der Waals surface area contributed by atoms with Crippen LogP contribution in [0.4, 0.5) is 13.2 Å². The lowest BCUT2D eigenvalue weighted by atomic mass is 10.1. The number of aliphatic hydroxyl groups is 1. The zero-order valence-corrected chi connectivity index (χ0v) is 9.37. The molecule has 1 unspecified atom stereocenters. The van der Waals surface area contributed by atoms with Gasteiger partial charge in [-0.05, 0) is 24.9 Å². The molecule has 0 radical (unpaired) electrons. The number of halogens is 3. The largest absolute Gasteiger partial charge is 0.403 e. The van der Waals surface area contributed by atoms with E-state index < -0.39 is 18.8 Å². The smallest absolute Gasteiger partial charge is 0.396 e. The van der Waals surface area contributed by atoms with Crippen LogP contribution in [-0.2, 0) is 6.42 Å². The van der Waals surface area contributed by atoms with Crippen molar-refractivity contribution in [3.8, 4) is 0 Å². The Hall–Kier alpha value is -1.07. The van der Waals surface area contributed by atoms with Crippen LogP contribution in [0, 0.1) is 0 Å². The molecule has 0 amide bonds. The van der Waals surface area contributed by atoms with E-state index in [4.69, 9.17) is 5.11 Å². The van der Waals surface area contributed by atoms with Crippen LogP contribution >= 0.6 is 0 Å². The fraction of sp³-hybridized carbons (Fsp3) is 0.500. The Labute approximate surface area is 98.5 Å². The minimum atomic E-state index is -4.31. The van der Waals surface area contributed by atoms with E-state index in [2.05, 4.69) is 5.32 Å². The summed E-state index contributed by atoms with van der Waals surface area (Å²) in [7, 11) is 0. The van der Waals surface area contributed by atoms with Crippen molar-refractivity contribution in [2.24, 2.45) is 0 Å². The van der Waals surface area contributed by atoms with Gasteiger partial charge in [-0.25, -0.2) is 0 Å². The van der Waals surface area contributed by atoms with E-state index in [1.165, 1.54) is 0 Å². The van der Waals surface area contributed by atoms with Crippen LogP contribution in [0.2, 0.25) is 0 Å². The van der Waals surface area contributed by atoms with Gasteiger partial charge in [0.05, 0.1) is 0 Å². The van der Waals surface area contributed by atoms with Gasteiger partial charge in [-0.3, -0.25) is 0 Å². The normalized spacial score (nSPS) is 13.6. The lowest BCUT2D eigenvalue weighted by Crippen LogP contribution is -2.43. The molecule has 5 heteroatoms. The maximum absolute atomic E-state index is 12.5. The maximum atomic E-state index is 12.5. The van der Waals surface area contributed by atoms with Crippen LogP contribution in [0.25, 0.3) is 0 Å². The van der Waals surface area contributed by atoms with E-state index in [1.807, 2.05) is 30.3 Å². The molecule has 0 saturated carbocycles. The van der Waals surface area contributed by atoms with Crippen LogP contribution in [0.1, 0.15) is 12.0 Å². The molecule has 96 valence electrons. The summed E-state index contributed by atoms with van der Waals surface area (Å²) in [4.78, 5) is 0. The van der Waals surface area contributed by atoms with Crippen LogP contribution in [0.5, 0.6) is 0 Å². The summed E-state index contributed by atoms with van der Waals surface area (Å²) < 4.78 is 37.4. The molecule has 0 bridgehead atoms. The summed E-state index contributed by atoms with van der Waals surface area (Å²) in [6.07, 6.45) is -4.07. The molecule has 0 saturated heterocycles. The predicted octanol–water partition coefficient (Wildman–Crippen LogP) is 2.13. The first-order chi connectivity index (χ1) is 8.04. The topological polar surface area (TPSA) is 32.3 Å². The lowest BCUT2D eigenvalue weighted by Gasteiger charge is -2.20. The van der Waals surface area contributed by atoms with Gasteiger partial charge in [-0.15, -0.1) is 0 Å². The number of rotatable bonds is 6. The highest BCUT2D eigenvalue weighted by Crippen LogP contribution is 2.22. The van der Waals surface area contributed by atoms with Crippen molar-refractivity contribution in [1.82, 2.24) is 5.32 Å². The Kier molecular flexibility index (Phi) is 5.44. The minimum absolute atomic E-state index is 0.244. The van der Waals surface area contributed by atoms with Crippen LogP contribution < -0.4 is 5.32 Å². The molecule has 17 heavy (non-hydrogen) atoms. The Bertz CT molecular complexity index is 313. The van der Waals surface area contributed by atoms with Crippen LogP contribution in [0.3, 0.4) is 0 Å². The molecule has 2 N–H and O–H groups in total. The van der Waals surface area contributed by atoms with E-state index in [0.29, 0.717) is 6.42 Å². The Morgan fingerprint density at radius 3 is 2.35 bits per heavy atom. The van der Waals surface area contributed by atoms with Gasteiger partial charge in [-0.1, -0.05) is 30.3 Å². The maximum Gasteiger partial charge on any atom is 0.403 e. The highest BCUT2D eigenvalue weighted by Gasteiger charge is 2.38. The molecular formula is C12H16F3NO. The Balaban J connectivity index is 2.37. The van der Waals surface area contributed by atoms with Crippen molar-refractivity contribution in [3.63, 3.8) is 0 Å². The van der Waals surface area contributed by atoms with Gasteiger partial charge in [0.1, 0.15) is 6.04 Å². The molecule has 1 atom stereocenters. The number of nitrogens with one attached hydrogen (secondary N) is 1. The molecule has 1 aromatic rings. The average Bonchev–Trinajstić information content (AvgIpc) is 2.28. The fourth-order valence-corrected chi connectivity index (χ4v) is 1.55. The highest BCUT2D eigenvalue weighted by atomic mass is 19.4. The molecule has 0 aliphatic carbocycles. The fourth-order valence-electron chi connectivity index (χ4n) is 1.55. The van der Waals surface area contributed by atoms with Crippen LogP contribution in [-0.4, -0.2) is 30.5 Å². The van der Waals surface area contributed by atoms with Gasteiger partial charge in [0.25, 0.3) is 0 Å². The monoisotopic (exact) mass is 247 g/mol. The molecule has 0 aliphatic rings. The van der Waals surface area contributed by atoms with Crippen molar-refractivity contribution in [1.29, 1.82) is 0 Å². The SMILES string of the molecule is OCCC(NCCc1ccccc1)C(F)(F)F. The standard InChI is InChI=1S/C12H16F3NO/c13-12(14,15)11(7-9-17)16-8-6-10-4-2-1-3-5-10/h1-5,11,16-17H,6-9H2. The minimum Gasteiger partial charge on any atom is -0.396 e. The van der Waals surface area contributed by atoms with E-state index in [9.17, 15) is 13.2 Å². The second-order valence-electron chi connectivity index (χ2n) is 3.80. The quantitative estimate of drug-likeness (QED) is 0.807. The van der Waals surface area contributed by atoms with Gasteiger partial charge in [-0.2, -0.15) is 13.2 Å². The highest BCUT2D eigenvalue weighted by molar-refractivity contribution is 5.14. The first kappa shape index (κ1) is 14.0. The molecular weight excluding hydrogens is 231 g/mol. The predicted molar refractivity (Wildman–Crippen MR) is 59.7 cm³/mol. The molecule has 0 aliphatic heterocycles. The van der Waals surface area contributed by atoms with E-state index >= 15 is 0 Å². The van der Waals surface area contributed by atoms with E-state index in [-0.39, 0.29) is 13.0 Å². The van der Waals surface area contributed by atoms with E-state index in [1.54, 1.807) is 0 Å². The summed E-state index contributed by atoms with van der Waals surface area (Å²) in [5.41, 5.74) is 0.991. The first-order valence-electron chi connectivity index (χ1n) is 5.49. The molecule has 0 aromatic heterocycles. The van der Waals surface area contributed by atoms with Gasteiger partial charge in [0.15, 0.2) is 0 Å². The third-order valence-corrected chi connectivity index (χ3v) is 2.46. The number of aliphatic hydroxyl groups excluding tert-OH is 1. The van der Waals surface area contributed by atoms with Gasteiger partial charge < -0.3 is 10.4 Å². The van der Waals surface area contributed by atoms with Crippen molar-refractivity contribution < 1.29 is 18.3 Å². The molecule has 2 nitrogen and oxygen atoms in total. The second kappa shape index (κ2) is 6.61. The zero-order valence-electron chi connectivity index (χ0n) is 9.37. The summed E-state index contributed by atoms with van der Waals surface area (Å²) >= 11 is 0. The zero-order chi connectivity index (χ0) is 12.7. The van der Waals surface area contributed by atoms with Crippen molar-refractivity contribution in [2.75, 3.05) is 13.2 Å². The third kappa shape index (κ3) is 5.19. The number of alkyl halides is 3. The Morgan fingerprint density at radius 2 is 1.82 bits per heavy atom. The summed E-state index contributed by atoms with van der Waals surface area (Å²) in [6, 6.07) is 7.68. The summed E-state index contributed by atoms with van der Waals surface area (Å²) in [5, 5.41) is 11.0. The Morgan fingerprint density at radius 1 is 1.18 bits per heavy atom. The average molecular weight is 247 g/mol. The van der Waals surface area contributed by atoms with Crippen molar-refractivity contribution in [2.45, 2.75) is 25.1 Å². The van der Waals surface area contributed by atoms with Gasteiger partial charge in [0, 0.05) is 6.61 Å². The second-order valence-corrected chi connectivity index (χ2v) is 3.80. The first-order valence-corrected chi connectivity index (χ1v) is 5.49. The van der Waals surface area contributed by atoms with Crippen molar-refractivity contribution >= 4 is 0 Å². The summed E-state index contributed by atoms with van der Waals surface area (Å²) in [5.74, 6) is 0. The van der Waals surface area contributed by atoms with Gasteiger partial charge in [0.2, 0.25) is 0 Å². The lowest BCUT2D eigenvalue weighted by molar-refractivity contribution is -0.158. The van der Waals surface area contributed by atoms with E-state index in [0.717, 1.165) is 5.56 Å². The van der Waals surface area contributed by atoms with Crippen LogP contribution in [0.15, 0.2) is 30.3 Å². The molecule has 1 rings (SSSR count). The van der Waals surface area contributed by atoms with Crippen molar-refractivity contribution in [3.05, 3.63) is 35.9 Å². The number of hydrogen-bond donors (Lipinski definition) is 2. The molecule has 0 fully saturated rings. The van der Waals surface area contributed by atoms with Gasteiger partial charge >= 0.3 is 6.18 Å². The third-order valence-electron chi connectivity index (χ3n) is 2.46. The number of benzene rings is 1. The molecule has 1 aromatic carbocycles. The molecule has 0 heterocycles. The summed E-state index contributed by atoms with van der Waals surface area (Å²) in [6.45, 7) is -0.225. The number of hydrogen-bond acceptors (Lipinski definition) is 2.